The van der Waals surface area contributed by atoms with Crippen LogP contribution in [0, 0.1) is 0 Å². The zero-order valence-corrected chi connectivity index (χ0v) is 1.80. The van der Waals surface area contributed by atoms with Crippen molar-refractivity contribution in [3.8, 4) is 0 Å². The maximum atomic E-state index is 8.56. The van der Waals surface area contributed by atoms with Gasteiger partial charge in [0.25, 0.3) is 0 Å². The van der Waals surface area contributed by atoms with E-state index in [0.717, 1.165) is 0 Å². The summed E-state index contributed by atoms with van der Waals surface area (Å²) in [7, 11) is 0. The molecule has 0 aromatic heterocycles. The van der Waals surface area contributed by atoms with Gasteiger partial charge in [0.15, 0.2) is 0 Å². The third-order valence-electron chi connectivity index (χ3n) is 0. The summed E-state index contributed by atoms with van der Waals surface area (Å²) in [4.78, 5) is 8.56. The van der Waals surface area contributed by atoms with Crippen LogP contribution in [0.15, 0.2) is 0 Å². The van der Waals surface area contributed by atoms with Gasteiger partial charge >= 0.3 is 160 Å². The molecule has 0 aliphatic carbocycles. The van der Waals surface area contributed by atoms with Crippen LogP contribution in [0.3, 0.4) is 0 Å². The van der Waals surface area contributed by atoms with E-state index in [1.165, 1.54) is 0 Å². The molecule has 0 heterocycles. The Morgan fingerprint density at radius 3 is 1.00 bits per heavy atom. The fourth-order valence-corrected chi connectivity index (χ4v) is 0. The van der Waals surface area contributed by atoms with Gasteiger partial charge in [-0.05, 0) is 0 Å². The molecule has 0 aromatic rings. The molecule has 0 rings (SSSR count). The number of hydrogen-bond acceptors (Lipinski definition) is 1. The van der Waals surface area contributed by atoms with E-state index in [-0.39, 0.29) is 154 Å². The molecule has 0 aromatic carbocycles. The molecule has 30 valence electrons. The molecular formula is CH5K3O3. The van der Waals surface area contributed by atoms with Crippen molar-refractivity contribution < 1.29 is 15.0 Å². The van der Waals surface area contributed by atoms with Crippen molar-refractivity contribution in [3.63, 3.8) is 0 Å². The fraction of sp³-hybridized carbons (Fsp3) is 0. The molecule has 0 fully saturated rings. The summed E-state index contributed by atoms with van der Waals surface area (Å²) < 4.78 is 0. The Labute approximate surface area is 169 Å². The molecule has 0 amide bonds. The molecular weight excluding hydrogens is 177 g/mol. The molecule has 0 aliphatic rings. The number of hydrogen-bond donors (Lipinski definition) is 2. The van der Waals surface area contributed by atoms with E-state index in [0.29, 0.717) is 0 Å². The Hall–Kier alpha value is 4.18. The Kier molecular flexibility index (Phi) is 53.4. The second-order valence-electron chi connectivity index (χ2n) is 0.283. The van der Waals surface area contributed by atoms with E-state index in [1.807, 2.05) is 0 Å². The predicted molar refractivity (Wildman–Crippen MR) is 32.1 cm³/mol. The minimum absolute atomic E-state index is 0. The minimum atomic E-state index is -1.83. The van der Waals surface area contributed by atoms with Crippen LogP contribution in [0.4, 0.5) is 4.79 Å². The van der Waals surface area contributed by atoms with Crippen LogP contribution in [0.25, 0.3) is 0 Å². The summed E-state index contributed by atoms with van der Waals surface area (Å²) in [5.74, 6) is 0. The van der Waals surface area contributed by atoms with Crippen LogP contribution in [-0.4, -0.2) is 171 Å². The molecule has 0 saturated carbocycles. The van der Waals surface area contributed by atoms with Crippen LogP contribution >= 0.6 is 0 Å². The Bertz CT molecular complexity index is 33.2. The molecule has 0 bridgehead atoms. The normalized spacial score (nSPS) is 3.43. The summed E-state index contributed by atoms with van der Waals surface area (Å²) in [5, 5.41) is 13.9. The summed E-state index contributed by atoms with van der Waals surface area (Å²) >= 11 is 0. The third-order valence-corrected chi connectivity index (χ3v) is 0. The van der Waals surface area contributed by atoms with E-state index in [4.69, 9.17) is 15.0 Å². The average Bonchev–Trinajstić information content (AvgIpc) is 0.811. The molecule has 0 spiro atoms. The van der Waals surface area contributed by atoms with Gasteiger partial charge in [0.1, 0.15) is 0 Å². The topological polar surface area (TPSA) is 57.5 Å². The predicted octanol–water partition coefficient (Wildman–Crippen LogP) is -1.72. The van der Waals surface area contributed by atoms with Gasteiger partial charge in [0.05, 0.1) is 0 Å². The summed E-state index contributed by atoms with van der Waals surface area (Å²) in [5.41, 5.74) is 0. The fourth-order valence-electron chi connectivity index (χ4n) is 0. The van der Waals surface area contributed by atoms with Gasteiger partial charge in [0.2, 0.25) is 0 Å². The molecule has 6 heteroatoms. The van der Waals surface area contributed by atoms with Gasteiger partial charge in [0, 0.05) is 0 Å². The van der Waals surface area contributed by atoms with Gasteiger partial charge in [-0.1, -0.05) is 0 Å². The molecule has 0 unspecified atom stereocenters. The van der Waals surface area contributed by atoms with E-state index in [9.17, 15) is 0 Å². The first-order chi connectivity index (χ1) is 1.73. The molecule has 0 saturated heterocycles. The van der Waals surface area contributed by atoms with Crippen molar-refractivity contribution >= 4 is 160 Å². The summed E-state index contributed by atoms with van der Waals surface area (Å²) in [6.07, 6.45) is -1.83. The average molecular weight is 182 g/mol. The monoisotopic (exact) mass is 182 g/mol. The van der Waals surface area contributed by atoms with Gasteiger partial charge in [-0.2, -0.15) is 0 Å². The SMILES string of the molecule is O=C(O)O.[KH].[KH].[KH]. The first kappa shape index (κ1) is 22.5. The molecule has 0 aliphatic heterocycles. The van der Waals surface area contributed by atoms with Crippen molar-refractivity contribution in [3.05, 3.63) is 0 Å². The first-order valence-electron chi connectivity index (χ1n) is 0.651. The van der Waals surface area contributed by atoms with E-state index in [2.05, 4.69) is 0 Å². The molecule has 0 radical (unpaired) electrons. The van der Waals surface area contributed by atoms with Crippen LogP contribution in [-0.2, 0) is 0 Å². The second kappa shape index (κ2) is 16.6. The number of carboxylic acid groups (broad SMARTS) is 2. The first-order valence-corrected chi connectivity index (χ1v) is 0.651. The molecule has 2 N–H and O–H groups in total. The van der Waals surface area contributed by atoms with E-state index >= 15 is 0 Å². The molecule has 7 heavy (non-hydrogen) atoms. The Balaban J connectivity index is -0.0000000150. The van der Waals surface area contributed by atoms with Gasteiger partial charge in [-0.15, -0.1) is 0 Å². The second-order valence-corrected chi connectivity index (χ2v) is 0.283. The van der Waals surface area contributed by atoms with Crippen molar-refractivity contribution in [1.82, 2.24) is 0 Å². The van der Waals surface area contributed by atoms with Gasteiger partial charge < -0.3 is 10.2 Å². The van der Waals surface area contributed by atoms with Crippen LogP contribution in [0.5, 0.6) is 0 Å². The van der Waals surface area contributed by atoms with E-state index < -0.39 is 6.16 Å². The maximum absolute atomic E-state index is 8.56. The molecule has 0 atom stereocenters. The van der Waals surface area contributed by atoms with Crippen LogP contribution in [0.2, 0.25) is 0 Å². The zero-order valence-electron chi connectivity index (χ0n) is 1.80. The number of carbonyl (C=O) groups is 1. The van der Waals surface area contributed by atoms with Crippen molar-refractivity contribution in [2.45, 2.75) is 0 Å². The van der Waals surface area contributed by atoms with Gasteiger partial charge in [-0.25, -0.2) is 4.79 Å². The van der Waals surface area contributed by atoms with Crippen molar-refractivity contribution in [2.24, 2.45) is 0 Å². The standard InChI is InChI=1S/CH2O3.3K.3H/c2-1(3)4;;;;;;/h(H2,2,3,4);;;;;;. The van der Waals surface area contributed by atoms with Crippen LogP contribution < -0.4 is 0 Å². The Morgan fingerprint density at radius 1 is 1.00 bits per heavy atom. The van der Waals surface area contributed by atoms with Crippen molar-refractivity contribution in [1.29, 1.82) is 0 Å². The Morgan fingerprint density at radius 2 is 1.00 bits per heavy atom. The summed E-state index contributed by atoms with van der Waals surface area (Å²) in [6.45, 7) is 0. The number of rotatable bonds is 0. The quantitative estimate of drug-likeness (QED) is 0.438. The summed E-state index contributed by atoms with van der Waals surface area (Å²) in [6, 6.07) is 0. The zero-order chi connectivity index (χ0) is 3.58. The van der Waals surface area contributed by atoms with Crippen molar-refractivity contribution in [2.75, 3.05) is 0 Å². The van der Waals surface area contributed by atoms with Gasteiger partial charge in [-0.3, -0.25) is 0 Å². The third kappa shape index (κ3) is 39.0. The molecule has 3 nitrogen and oxygen atoms in total. The van der Waals surface area contributed by atoms with Crippen LogP contribution in [0.1, 0.15) is 0 Å². The van der Waals surface area contributed by atoms with E-state index in [1.54, 1.807) is 0 Å².